The minimum absolute atomic E-state index is 0.180. The normalized spacial score (nSPS) is 11.4. The Morgan fingerprint density at radius 1 is 1.15 bits per heavy atom. The van der Waals surface area contributed by atoms with Gasteiger partial charge in [-0.15, -0.1) is 0 Å². The zero-order valence-corrected chi connectivity index (χ0v) is 14.6. The maximum absolute atomic E-state index is 14.0. The standard InChI is InChI=1S/C17H14F3N3O3S/c18-6-7-26-15-9-13(19)17(22-16(15)20)23-27(24,25)12-8-14(21-10-12)11-4-2-1-3-5-11/h1-5,8-10,21H,6-7H2,(H,22,23). The molecule has 10 heteroatoms. The molecule has 0 fully saturated rings. The number of H-pyrrole nitrogens is 1. The molecule has 27 heavy (non-hydrogen) atoms. The monoisotopic (exact) mass is 397 g/mol. The van der Waals surface area contributed by atoms with E-state index in [2.05, 4.69) is 14.7 Å². The largest absolute Gasteiger partial charge is 0.486 e. The lowest BCUT2D eigenvalue weighted by atomic mass is 10.2. The number of rotatable bonds is 7. The van der Waals surface area contributed by atoms with Crippen LogP contribution in [-0.4, -0.2) is 31.7 Å². The molecule has 0 bridgehead atoms. The number of nitrogens with one attached hydrogen (secondary N) is 2. The van der Waals surface area contributed by atoms with Crippen LogP contribution in [0.15, 0.2) is 53.6 Å². The molecule has 0 aliphatic heterocycles. The van der Waals surface area contributed by atoms with Crippen molar-refractivity contribution in [2.75, 3.05) is 18.0 Å². The minimum Gasteiger partial charge on any atom is -0.486 e. The lowest BCUT2D eigenvalue weighted by molar-refractivity contribution is 0.258. The Hall–Kier alpha value is -3.01. The zero-order valence-electron chi connectivity index (χ0n) is 13.7. The van der Waals surface area contributed by atoms with E-state index in [1.807, 2.05) is 10.8 Å². The third-order valence-corrected chi connectivity index (χ3v) is 4.83. The Balaban J connectivity index is 1.85. The fourth-order valence-electron chi connectivity index (χ4n) is 2.27. The van der Waals surface area contributed by atoms with Crippen LogP contribution in [0.2, 0.25) is 0 Å². The Bertz CT molecular complexity index is 1040. The summed E-state index contributed by atoms with van der Waals surface area (Å²) >= 11 is 0. The molecule has 0 spiro atoms. The molecule has 2 heterocycles. The van der Waals surface area contributed by atoms with Crippen molar-refractivity contribution >= 4 is 15.8 Å². The van der Waals surface area contributed by atoms with Gasteiger partial charge in [0, 0.05) is 18.0 Å². The van der Waals surface area contributed by atoms with Crippen LogP contribution in [-0.2, 0) is 10.0 Å². The highest BCUT2D eigenvalue weighted by Gasteiger charge is 2.21. The molecule has 6 nitrogen and oxygen atoms in total. The molecule has 0 saturated heterocycles. The molecule has 0 radical (unpaired) electrons. The molecular formula is C17H14F3N3O3S. The molecule has 0 unspecified atom stereocenters. The van der Waals surface area contributed by atoms with Crippen molar-refractivity contribution in [1.82, 2.24) is 9.97 Å². The predicted octanol–water partition coefficient (Wildman–Crippen LogP) is 3.50. The van der Waals surface area contributed by atoms with Gasteiger partial charge in [-0.25, -0.2) is 17.2 Å². The smallest absolute Gasteiger partial charge is 0.264 e. The van der Waals surface area contributed by atoms with Crippen molar-refractivity contribution < 1.29 is 26.3 Å². The second-order valence-corrected chi connectivity index (χ2v) is 7.05. The van der Waals surface area contributed by atoms with Crippen molar-refractivity contribution in [3.63, 3.8) is 0 Å². The number of nitrogens with zero attached hydrogens (tertiary/aromatic N) is 1. The van der Waals surface area contributed by atoms with Crippen LogP contribution in [0.3, 0.4) is 0 Å². The highest BCUT2D eigenvalue weighted by atomic mass is 32.2. The number of anilines is 1. The minimum atomic E-state index is -4.22. The summed E-state index contributed by atoms with van der Waals surface area (Å²) in [6.07, 6.45) is 1.22. The Labute approximate surface area is 153 Å². The first-order valence-electron chi connectivity index (χ1n) is 7.72. The van der Waals surface area contributed by atoms with Gasteiger partial charge < -0.3 is 9.72 Å². The van der Waals surface area contributed by atoms with Crippen LogP contribution in [0, 0.1) is 11.8 Å². The van der Waals surface area contributed by atoms with E-state index in [1.165, 1.54) is 12.3 Å². The van der Waals surface area contributed by atoms with Gasteiger partial charge in [0.2, 0.25) is 0 Å². The molecule has 0 aliphatic carbocycles. The molecule has 0 aliphatic rings. The number of alkyl halides is 1. The summed E-state index contributed by atoms with van der Waals surface area (Å²) in [5.41, 5.74) is 1.29. The summed E-state index contributed by atoms with van der Waals surface area (Å²) in [4.78, 5) is 5.84. The first kappa shape index (κ1) is 18.8. The third kappa shape index (κ3) is 4.22. The summed E-state index contributed by atoms with van der Waals surface area (Å²) in [6, 6.07) is 10.9. The van der Waals surface area contributed by atoms with Crippen LogP contribution in [0.1, 0.15) is 0 Å². The molecule has 0 atom stereocenters. The van der Waals surface area contributed by atoms with E-state index in [1.54, 1.807) is 24.3 Å². The molecule has 0 amide bonds. The van der Waals surface area contributed by atoms with Gasteiger partial charge in [0.15, 0.2) is 17.4 Å². The average Bonchev–Trinajstić information content (AvgIpc) is 3.15. The Kier molecular flexibility index (Phi) is 5.36. The number of hydrogen-bond acceptors (Lipinski definition) is 4. The van der Waals surface area contributed by atoms with Gasteiger partial charge in [-0.3, -0.25) is 4.72 Å². The van der Waals surface area contributed by atoms with E-state index in [-0.39, 0.29) is 4.90 Å². The van der Waals surface area contributed by atoms with E-state index >= 15 is 0 Å². The van der Waals surface area contributed by atoms with Gasteiger partial charge >= 0.3 is 0 Å². The number of aromatic nitrogens is 2. The van der Waals surface area contributed by atoms with Crippen molar-refractivity contribution in [3.05, 3.63) is 60.4 Å². The van der Waals surface area contributed by atoms with Crippen molar-refractivity contribution in [2.24, 2.45) is 0 Å². The lowest BCUT2D eigenvalue weighted by Gasteiger charge is -2.09. The number of halogens is 3. The number of ether oxygens (including phenoxy) is 1. The molecule has 142 valence electrons. The summed E-state index contributed by atoms with van der Waals surface area (Å²) in [5.74, 6) is -3.86. The van der Waals surface area contributed by atoms with E-state index in [0.717, 1.165) is 5.56 Å². The summed E-state index contributed by atoms with van der Waals surface area (Å²) in [6.45, 7) is -1.37. The molecule has 2 aromatic heterocycles. The maximum atomic E-state index is 14.0. The molecule has 2 N–H and O–H groups in total. The number of sulfonamides is 1. The van der Waals surface area contributed by atoms with E-state index in [0.29, 0.717) is 11.8 Å². The van der Waals surface area contributed by atoms with Crippen LogP contribution >= 0.6 is 0 Å². The molecule has 1 aromatic carbocycles. The maximum Gasteiger partial charge on any atom is 0.264 e. The van der Waals surface area contributed by atoms with Gasteiger partial charge in [0.25, 0.3) is 16.0 Å². The van der Waals surface area contributed by atoms with Crippen LogP contribution in [0.4, 0.5) is 19.0 Å². The number of benzene rings is 1. The predicted molar refractivity (Wildman–Crippen MR) is 92.7 cm³/mol. The fraction of sp³-hybridized carbons (Fsp3) is 0.118. The summed E-state index contributed by atoms with van der Waals surface area (Å²) < 4.78 is 71.3. The van der Waals surface area contributed by atoms with Crippen LogP contribution in [0.5, 0.6) is 5.75 Å². The molecule has 3 aromatic rings. The zero-order chi connectivity index (χ0) is 19.4. The second kappa shape index (κ2) is 7.70. The van der Waals surface area contributed by atoms with E-state index in [9.17, 15) is 21.6 Å². The Morgan fingerprint density at radius 3 is 2.59 bits per heavy atom. The van der Waals surface area contributed by atoms with E-state index in [4.69, 9.17) is 0 Å². The first-order valence-corrected chi connectivity index (χ1v) is 9.20. The molecule has 0 saturated carbocycles. The highest BCUT2D eigenvalue weighted by molar-refractivity contribution is 7.92. The number of pyridine rings is 1. The number of hydrogen-bond donors (Lipinski definition) is 2. The first-order chi connectivity index (χ1) is 12.9. The van der Waals surface area contributed by atoms with E-state index < -0.39 is 46.6 Å². The van der Waals surface area contributed by atoms with Gasteiger partial charge in [-0.2, -0.15) is 9.37 Å². The summed E-state index contributed by atoms with van der Waals surface area (Å²) in [5, 5.41) is 0. The highest BCUT2D eigenvalue weighted by Crippen LogP contribution is 2.26. The van der Waals surface area contributed by atoms with Gasteiger partial charge in [0.1, 0.15) is 18.2 Å². The van der Waals surface area contributed by atoms with Crippen molar-refractivity contribution in [2.45, 2.75) is 4.90 Å². The fourth-order valence-corrected chi connectivity index (χ4v) is 3.27. The average molecular weight is 397 g/mol. The lowest BCUT2D eigenvalue weighted by Crippen LogP contribution is -2.15. The molecule has 3 rings (SSSR count). The second-order valence-electron chi connectivity index (χ2n) is 5.37. The Morgan fingerprint density at radius 2 is 1.89 bits per heavy atom. The SMILES string of the molecule is O=S(=O)(Nc1nc(F)c(OCCF)cc1F)c1c[nH]c(-c2ccccc2)c1. The number of aromatic amines is 1. The third-order valence-electron chi connectivity index (χ3n) is 3.51. The molecular weight excluding hydrogens is 383 g/mol. The van der Waals surface area contributed by atoms with Crippen LogP contribution in [0.25, 0.3) is 11.3 Å². The van der Waals surface area contributed by atoms with Gasteiger partial charge in [-0.05, 0) is 11.6 Å². The van der Waals surface area contributed by atoms with Crippen molar-refractivity contribution in [3.8, 4) is 17.0 Å². The summed E-state index contributed by atoms with van der Waals surface area (Å²) in [7, 11) is -4.22. The quantitative estimate of drug-likeness (QED) is 0.598. The topological polar surface area (TPSA) is 84.1 Å². The van der Waals surface area contributed by atoms with Crippen LogP contribution < -0.4 is 9.46 Å². The van der Waals surface area contributed by atoms with Crippen molar-refractivity contribution in [1.29, 1.82) is 0 Å². The van der Waals surface area contributed by atoms with Gasteiger partial charge in [0.05, 0.1) is 0 Å². The van der Waals surface area contributed by atoms with Gasteiger partial charge in [-0.1, -0.05) is 30.3 Å².